The van der Waals surface area contributed by atoms with Gasteiger partial charge in [-0.3, -0.25) is 4.98 Å². The number of methoxy groups -OCH3 is 2. The molecule has 0 aromatic carbocycles. The fourth-order valence-electron chi connectivity index (χ4n) is 2.66. The van der Waals surface area contributed by atoms with Crippen molar-refractivity contribution in [2.75, 3.05) is 37.9 Å². The van der Waals surface area contributed by atoms with Gasteiger partial charge in [0.05, 0.1) is 5.56 Å². The molecule has 21 heavy (non-hydrogen) atoms. The molecular weight excluding hydrogens is 288 g/mol. The number of nitrogen functional groups attached to an aromatic ring is 1. The summed E-state index contributed by atoms with van der Waals surface area (Å²) in [6.45, 7) is 1.55. The predicted molar refractivity (Wildman–Crippen MR) is 83.6 cm³/mol. The number of rotatable bonds is 4. The number of pyridine rings is 1. The summed E-state index contributed by atoms with van der Waals surface area (Å²) in [7, 11) is 3.43. The smallest absolute Gasteiger partial charge is 0.147 e. The van der Waals surface area contributed by atoms with Crippen molar-refractivity contribution in [2.24, 2.45) is 0 Å². The van der Waals surface area contributed by atoms with Crippen LogP contribution in [0.3, 0.4) is 0 Å². The van der Waals surface area contributed by atoms with Crippen LogP contribution in [0.15, 0.2) is 24.5 Å². The largest absolute Gasteiger partial charge is 0.382 e. The lowest BCUT2D eigenvalue weighted by molar-refractivity contribution is -0.00461. The first kappa shape index (κ1) is 14.2. The Labute approximate surface area is 127 Å². The minimum Gasteiger partial charge on any atom is -0.382 e. The van der Waals surface area contributed by atoms with Gasteiger partial charge in [-0.2, -0.15) is 4.37 Å². The van der Waals surface area contributed by atoms with Gasteiger partial charge in [-0.1, -0.05) is 0 Å². The van der Waals surface area contributed by atoms with Gasteiger partial charge in [0.2, 0.25) is 0 Å². The van der Waals surface area contributed by atoms with E-state index in [1.807, 2.05) is 12.1 Å². The highest BCUT2D eigenvalue weighted by atomic mass is 32.1. The standard InChI is InChI=1S/C14H18N4O2S/c1-19-10-7-18(8-11(10)20-2)14-12(13(15)17-21-14)9-3-5-16-6-4-9/h3-6,10-11H,7-8H2,1-2H3,(H2,15,17). The lowest BCUT2D eigenvalue weighted by Crippen LogP contribution is -2.27. The maximum Gasteiger partial charge on any atom is 0.147 e. The second kappa shape index (κ2) is 5.97. The molecule has 2 N–H and O–H groups in total. The number of nitrogens with two attached hydrogens (primary N) is 1. The third-order valence-corrected chi connectivity index (χ3v) is 4.70. The summed E-state index contributed by atoms with van der Waals surface area (Å²) < 4.78 is 15.3. The van der Waals surface area contributed by atoms with Crippen molar-refractivity contribution in [3.05, 3.63) is 24.5 Å². The molecule has 1 saturated heterocycles. The molecule has 3 rings (SSSR count). The van der Waals surface area contributed by atoms with E-state index in [9.17, 15) is 0 Å². The molecule has 0 bridgehead atoms. The van der Waals surface area contributed by atoms with Gasteiger partial charge in [0.25, 0.3) is 0 Å². The van der Waals surface area contributed by atoms with Crippen LogP contribution in [0.25, 0.3) is 11.1 Å². The van der Waals surface area contributed by atoms with Gasteiger partial charge in [0, 0.05) is 39.7 Å². The van der Waals surface area contributed by atoms with Crippen LogP contribution in [0.1, 0.15) is 0 Å². The molecule has 0 spiro atoms. The SMILES string of the molecule is COC1CN(c2snc(N)c2-c2ccncc2)CC1OC. The molecule has 6 nitrogen and oxygen atoms in total. The van der Waals surface area contributed by atoms with Gasteiger partial charge >= 0.3 is 0 Å². The molecule has 1 aliphatic rings. The molecule has 2 aromatic rings. The Hall–Kier alpha value is -1.70. The van der Waals surface area contributed by atoms with Gasteiger partial charge in [-0.25, -0.2) is 0 Å². The molecule has 0 radical (unpaired) electrons. The number of ether oxygens (including phenoxy) is 2. The Kier molecular flexibility index (Phi) is 4.05. The molecule has 0 saturated carbocycles. The minimum absolute atomic E-state index is 0.0589. The molecule has 2 aromatic heterocycles. The van der Waals surface area contributed by atoms with Crippen LogP contribution in [0.4, 0.5) is 10.8 Å². The number of hydrogen-bond acceptors (Lipinski definition) is 7. The molecule has 0 amide bonds. The van der Waals surface area contributed by atoms with Crippen LogP contribution in [-0.2, 0) is 9.47 Å². The highest BCUT2D eigenvalue weighted by molar-refractivity contribution is 7.11. The van der Waals surface area contributed by atoms with Crippen LogP contribution in [-0.4, -0.2) is 48.9 Å². The van der Waals surface area contributed by atoms with Crippen LogP contribution >= 0.6 is 11.5 Å². The van der Waals surface area contributed by atoms with Crippen LogP contribution in [0, 0.1) is 0 Å². The van der Waals surface area contributed by atoms with Crippen LogP contribution in [0.2, 0.25) is 0 Å². The van der Waals surface area contributed by atoms with E-state index >= 15 is 0 Å². The Balaban J connectivity index is 1.94. The Morgan fingerprint density at radius 3 is 2.38 bits per heavy atom. The van der Waals surface area contributed by atoms with Gasteiger partial charge in [0.1, 0.15) is 23.0 Å². The van der Waals surface area contributed by atoms with Crippen molar-refractivity contribution >= 4 is 22.4 Å². The van der Waals surface area contributed by atoms with Crippen molar-refractivity contribution in [3.8, 4) is 11.1 Å². The van der Waals surface area contributed by atoms with E-state index in [0.29, 0.717) is 5.82 Å². The van der Waals surface area contributed by atoms with E-state index in [1.54, 1.807) is 26.6 Å². The highest BCUT2D eigenvalue weighted by Gasteiger charge is 2.35. The van der Waals surface area contributed by atoms with Crippen molar-refractivity contribution in [1.82, 2.24) is 9.36 Å². The molecule has 3 heterocycles. The van der Waals surface area contributed by atoms with Crippen molar-refractivity contribution in [3.63, 3.8) is 0 Å². The average molecular weight is 306 g/mol. The summed E-state index contributed by atoms with van der Waals surface area (Å²) in [6, 6.07) is 3.89. The first-order chi connectivity index (χ1) is 10.2. The second-order valence-corrected chi connectivity index (χ2v) is 5.69. The van der Waals surface area contributed by atoms with Crippen molar-refractivity contribution in [1.29, 1.82) is 0 Å². The zero-order chi connectivity index (χ0) is 14.8. The number of anilines is 2. The molecule has 7 heteroatoms. The normalized spacial score (nSPS) is 21.9. The van der Waals surface area contributed by atoms with E-state index in [-0.39, 0.29) is 12.2 Å². The van der Waals surface area contributed by atoms with Crippen LogP contribution < -0.4 is 10.6 Å². The van der Waals surface area contributed by atoms with E-state index < -0.39 is 0 Å². The highest BCUT2D eigenvalue weighted by Crippen LogP contribution is 2.40. The monoisotopic (exact) mass is 306 g/mol. The van der Waals surface area contributed by atoms with Crippen molar-refractivity contribution in [2.45, 2.75) is 12.2 Å². The summed E-state index contributed by atoms with van der Waals surface area (Å²) in [4.78, 5) is 6.28. The third-order valence-electron chi connectivity index (χ3n) is 3.78. The van der Waals surface area contributed by atoms with E-state index in [1.165, 1.54) is 11.5 Å². The molecule has 0 aliphatic carbocycles. The Morgan fingerprint density at radius 1 is 1.19 bits per heavy atom. The quantitative estimate of drug-likeness (QED) is 0.925. The first-order valence-electron chi connectivity index (χ1n) is 6.70. The summed E-state index contributed by atoms with van der Waals surface area (Å²) in [5.74, 6) is 0.552. The molecule has 1 fully saturated rings. The molecule has 2 unspecified atom stereocenters. The number of aromatic nitrogens is 2. The summed E-state index contributed by atoms with van der Waals surface area (Å²) in [5.41, 5.74) is 8.06. The predicted octanol–water partition coefficient (Wildman–Crippen LogP) is 1.64. The summed E-state index contributed by atoms with van der Waals surface area (Å²) in [5, 5.41) is 1.06. The van der Waals surface area contributed by atoms with Crippen LogP contribution in [0.5, 0.6) is 0 Å². The first-order valence-corrected chi connectivity index (χ1v) is 7.48. The maximum atomic E-state index is 6.07. The average Bonchev–Trinajstić information content (AvgIpc) is 3.10. The molecule has 112 valence electrons. The molecular formula is C14H18N4O2S. The fraction of sp³-hybridized carbons (Fsp3) is 0.429. The summed E-state index contributed by atoms with van der Waals surface area (Å²) in [6.07, 6.45) is 3.64. The van der Waals surface area contributed by atoms with Gasteiger partial charge < -0.3 is 20.1 Å². The zero-order valence-corrected chi connectivity index (χ0v) is 12.8. The second-order valence-electron chi connectivity index (χ2n) is 4.94. The van der Waals surface area contributed by atoms with Gasteiger partial charge in [-0.15, -0.1) is 0 Å². The molecule has 2 atom stereocenters. The van der Waals surface area contributed by atoms with Gasteiger partial charge in [-0.05, 0) is 29.2 Å². The third kappa shape index (κ3) is 2.59. The molecule has 1 aliphatic heterocycles. The summed E-state index contributed by atoms with van der Waals surface area (Å²) >= 11 is 1.41. The lowest BCUT2D eigenvalue weighted by atomic mass is 10.1. The van der Waals surface area contributed by atoms with E-state index in [4.69, 9.17) is 15.2 Å². The van der Waals surface area contributed by atoms with Gasteiger partial charge in [0.15, 0.2) is 0 Å². The topological polar surface area (TPSA) is 73.5 Å². The number of nitrogens with zero attached hydrogens (tertiary/aromatic N) is 3. The number of hydrogen-bond donors (Lipinski definition) is 1. The zero-order valence-electron chi connectivity index (χ0n) is 12.0. The maximum absolute atomic E-state index is 6.07. The fourth-order valence-corrected chi connectivity index (χ4v) is 3.52. The minimum atomic E-state index is 0.0589. The van der Waals surface area contributed by atoms with E-state index in [0.717, 1.165) is 29.2 Å². The van der Waals surface area contributed by atoms with Crippen molar-refractivity contribution < 1.29 is 9.47 Å². The Morgan fingerprint density at radius 2 is 1.81 bits per heavy atom. The Bertz CT molecular complexity index is 592. The lowest BCUT2D eigenvalue weighted by Gasteiger charge is -2.17. The van der Waals surface area contributed by atoms with E-state index in [2.05, 4.69) is 14.3 Å².